The number of nitrogens with one attached hydrogen (secondary N) is 1. The van der Waals surface area contributed by atoms with Gasteiger partial charge in [-0.05, 0) is 48.0 Å². The number of amides is 2. The summed E-state index contributed by atoms with van der Waals surface area (Å²) in [6.07, 6.45) is 1.39. The van der Waals surface area contributed by atoms with Crippen molar-refractivity contribution in [1.82, 2.24) is 5.43 Å². The van der Waals surface area contributed by atoms with E-state index in [1.54, 1.807) is 6.07 Å². The van der Waals surface area contributed by atoms with Gasteiger partial charge >= 0.3 is 0 Å². The largest absolute Gasteiger partial charge is 0.504 e. The Kier molecular flexibility index (Phi) is 3.91. The minimum atomic E-state index is -0.573. The van der Waals surface area contributed by atoms with Crippen LogP contribution in [-0.2, 0) is 9.59 Å². The summed E-state index contributed by atoms with van der Waals surface area (Å²) in [6.45, 7) is 0. The van der Waals surface area contributed by atoms with Crippen LogP contribution < -0.4 is 15.2 Å². The summed E-state index contributed by atoms with van der Waals surface area (Å²) in [5.74, 6) is -1.39. The molecule has 122 valence electrons. The Bertz CT molecular complexity index is 846. The summed E-state index contributed by atoms with van der Waals surface area (Å²) < 4.78 is 18.0. The fourth-order valence-electron chi connectivity index (χ4n) is 2.28. The molecule has 3 rings (SSSR count). The summed E-state index contributed by atoms with van der Waals surface area (Å²) in [4.78, 5) is 24.5. The lowest BCUT2D eigenvalue weighted by Crippen LogP contribution is -2.35. The van der Waals surface area contributed by atoms with E-state index in [-0.39, 0.29) is 17.1 Å². The number of hydrogen-bond acceptors (Lipinski definition) is 4. The summed E-state index contributed by atoms with van der Waals surface area (Å²) >= 11 is 0. The van der Waals surface area contributed by atoms with Gasteiger partial charge in [0.25, 0.3) is 11.8 Å². The number of hydrazine groups is 1. The fourth-order valence-corrected chi connectivity index (χ4v) is 2.28. The SMILES string of the molecule is COc1cc(/C=C2/C(=O)NN(c3ccc(F)cc3)C2=O)ccc1O. The molecule has 2 N–H and O–H groups in total. The van der Waals surface area contributed by atoms with Crippen molar-refractivity contribution >= 4 is 23.6 Å². The smallest absolute Gasteiger partial charge is 0.282 e. The molecule has 2 aromatic carbocycles. The maximum Gasteiger partial charge on any atom is 0.282 e. The number of phenolic OH excluding ortho intramolecular Hbond substituents is 1. The number of anilines is 1. The molecular formula is C17H13FN2O4. The van der Waals surface area contributed by atoms with Gasteiger partial charge in [-0.25, -0.2) is 9.40 Å². The van der Waals surface area contributed by atoms with Crippen molar-refractivity contribution in [3.05, 3.63) is 59.4 Å². The Hall–Kier alpha value is -3.35. The Labute approximate surface area is 136 Å². The molecule has 0 bridgehead atoms. The van der Waals surface area contributed by atoms with Crippen molar-refractivity contribution < 1.29 is 23.8 Å². The second-order valence-corrected chi connectivity index (χ2v) is 5.05. The molecule has 7 heteroatoms. The van der Waals surface area contributed by atoms with Crippen LogP contribution in [0.5, 0.6) is 11.5 Å². The van der Waals surface area contributed by atoms with Crippen molar-refractivity contribution in [2.45, 2.75) is 0 Å². The van der Waals surface area contributed by atoms with Crippen LogP contribution in [0.2, 0.25) is 0 Å². The maximum atomic E-state index is 13.0. The van der Waals surface area contributed by atoms with Crippen LogP contribution in [-0.4, -0.2) is 24.0 Å². The highest BCUT2D eigenvalue weighted by molar-refractivity contribution is 6.31. The van der Waals surface area contributed by atoms with Crippen LogP contribution in [0.3, 0.4) is 0 Å². The Morgan fingerprint density at radius 1 is 1.17 bits per heavy atom. The van der Waals surface area contributed by atoms with E-state index < -0.39 is 17.6 Å². The van der Waals surface area contributed by atoms with E-state index in [4.69, 9.17) is 4.74 Å². The van der Waals surface area contributed by atoms with Gasteiger partial charge in [-0.3, -0.25) is 15.0 Å². The number of phenols is 1. The summed E-state index contributed by atoms with van der Waals surface area (Å²) in [5, 5.41) is 10.6. The molecule has 0 saturated carbocycles. The quantitative estimate of drug-likeness (QED) is 0.667. The molecule has 1 heterocycles. The first-order chi connectivity index (χ1) is 11.5. The van der Waals surface area contributed by atoms with Crippen LogP contribution in [0.4, 0.5) is 10.1 Å². The van der Waals surface area contributed by atoms with Crippen LogP contribution in [0.1, 0.15) is 5.56 Å². The van der Waals surface area contributed by atoms with E-state index in [9.17, 15) is 19.1 Å². The predicted octanol–water partition coefficient (Wildman–Crippen LogP) is 2.00. The zero-order valence-corrected chi connectivity index (χ0v) is 12.6. The molecule has 0 spiro atoms. The zero-order valence-electron chi connectivity index (χ0n) is 12.6. The predicted molar refractivity (Wildman–Crippen MR) is 84.7 cm³/mol. The first kappa shape index (κ1) is 15.5. The lowest BCUT2D eigenvalue weighted by Gasteiger charge is -2.14. The van der Waals surface area contributed by atoms with Crippen molar-refractivity contribution in [1.29, 1.82) is 0 Å². The molecule has 0 aromatic heterocycles. The molecule has 1 aliphatic rings. The maximum absolute atomic E-state index is 13.0. The Morgan fingerprint density at radius 3 is 2.54 bits per heavy atom. The summed E-state index contributed by atoms with van der Waals surface area (Å²) in [7, 11) is 1.40. The van der Waals surface area contributed by atoms with E-state index in [1.165, 1.54) is 49.6 Å². The molecule has 2 amide bonds. The molecular weight excluding hydrogens is 315 g/mol. The van der Waals surface area contributed by atoms with Gasteiger partial charge < -0.3 is 9.84 Å². The normalized spacial score (nSPS) is 15.8. The van der Waals surface area contributed by atoms with Crippen molar-refractivity contribution in [2.24, 2.45) is 0 Å². The van der Waals surface area contributed by atoms with Gasteiger partial charge in [0, 0.05) is 0 Å². The Morgan fingerprint density at radius 2 is 1.88 bits per heavy atom. The minimum absolute atomic E-state index is 0.0465. The van der Waals surface area contributed by atoms with Crippen molar-refractivity contribution in [3.8, 4) is 11.5 Å². The van der Waals surface area contributed by atoms with Gasteiger partial charge in [-0.1, -0.05) is 6.07 Å². The lowest BCUT2D eigenvalue weighted by molar-refractivity contribution is -0.117. The third kappa shape index (κ3) is 2.79. The molecule has 2 aromatic rings. The highest BCUT2D eigenvalue weighted by atomic mass is 19.1. The number of halogens is 1. The highest BCUT2D eigenvalue weighted by Crippen LogP contribution is 2.28. The number of ether oxygens (including phenoxy) is 1. The molecule has 1 aliphatic heterocycles. The van der Waals surface area contributed by atoms with Crippen LogP contribution in [0, 0.1) is 5.82 Å². The fraction of sp³-hybridized carbons (Fsp3) is 0.0588. The van der Waals surface area contributed by atoms with E-state index >= 15 is 0 Å². The van der Waals surface area contributed by atoms with Crippen LogP contribution >= 0.6 is 0 Å². The number of benzene rings is 2. The second-order valence-electron chi connectivity index (χ2n) is 5.05. The molecule has 24 heavy (non-hydrogen) atoms. The molecule has 1 saturated heterocycles. The van der Waals surface area contributed by atoms with E-state index in [2.05, 4.69) is 5.43 Å². The van der Waals surface area contributed by atoms with Crippen LogP contribution in [0.25, 0.3) is 6.08 Å². The molecule has 0 aliphatic carbocycles. The Balaban J connectivity index is 1.93. The number of methoxy groups -OCH3 is 1. The standard InChI is InChI=1S/C17H13FN2O4/c1-24-15-9-10(2-7-14(15)21)8-13-16(22)19-20(17(13)23)12-5-3-11(18)4-6-12/h2-9,21H,1H3,(H,19,22)/b13-8-. The number of hydrogen-bond donors (Lipinski definition) is 2. The van der Waals surface area contributed by atoms with E-state index in [0.717, 1.165) is 5.01 Å². The number of carbonyl (C=O) groups is 2. The number of rotatable bonds is 3. The van der Waals surface area contributed by atoms with Gasteiger partial charge in [0.2, 0.25) is 0 Å². The van der Waals surface area contributed by atoms with E-state index in [1.807, 2.05) is 0 Å². The number of nitrogens with zero attached hydrogens (tertiary/aromatic N) is 1. The molecule has 0 unspecified atom stereocenters. The molecule has 6 nitrogen and oxygen atoms in total. The van der Waals surface area contributed by atoms with Crippen molar-refractivity contribution in [3.63, 3.8) is 0 Å². The third-order valence-electron chi connectivity index (χ3n) is 3.49. The first-order valence-electron chi connectivity index (χ1n) is 6.99. The highest BCUT2D eigenvalue weighted by Gasteiger charge is 2.34. The van der Waals surface area contributed by atoms with Gasteiger partial charge in [0.15, 0.2) is 11.5 Å². The lowest BCUT2D eigenvalue weighted by atomic mass is 10.1. The minimum Gasteiger partial charge on any atom is -0.504 e. The molecule has 1 fully saturated rings. The van der Waals surface area contributed by atoms with Gasteiger partial charge in [-0.2, -0.15) is 0 Å². The van der Waals surface area contributed by atoms with Gasteiger partial charge in [0.1, 0.15) is 11.4 Å². The summed E-state index contributed by atoms with van der Waals surface area (Å²) in [5.41, 5.74) is 3.21. The zero-order chi connectivity index (χ0) is 17.3. The van der Waals surface area contributed by atoms with Crippen molar-refractivity contribution in [2.75, 3.05) is 12.1 Å². The average Bonchev–Trinajstić information content (AvgIpc) is 2.85. The molecule has 0 radical (unpaired) electrons. The van der Waals surface area contributed by atoms with E-state index in [0.29, 0.717) is 11.3 Å². The summed E-state index contributed by atoms with van der Waals surface area (Å²) in [6, 6.07) is 9.62. The van der Waals surface area contributed by atoms with Gasteiger partial charge in [-0.15, -0.1) is 0 Å². The number of aromatic hydroxyl groups is 1. The number of carbonyl (C=O) groups excluding carboxylic acids is 2. The average molecular weight is 328 g/mol. The van der Waals surface area contributed by atoms with Gasteiger partial charge in [0.05, 0.1) is 12.8 Å². The third-order valence-corrected chi connectivity index (χ3v) is 3.49. The topological polar surface area (TPSA) is 78.9 Å². The monoisotopic (exact) mass is 328 g/mol. The van der Waals surface area contributed by atoms with Crippen LogP contribution in [0.15, 0.2) is 48.0 Å². The molecule has 0 atom stereocenters. The second kappa shape index (κ2) is 6.04. The first-order valence-corrected chi connectivity index (χ1v) is 6.99.